The zero-order valence-electron chi connectivity index (χ0n) is 28.8. The van der Waals surface area contributed by atoms with Crippen LogP contribution in [0.25, 0.3) is 44.2 Å². The Morgan fingerprint density at radius 2 is 0.848 bits per heavy atom. The van der Waals surface area contributed by atoms with E-state index in [-0.39, 0.29) is 0 Å². The van der Waals surface area contributed by atoms with E-state index in [0.717, 1.165) is 50.1 Å². The monoisotopic (exact) mass is 607 g/mol. The molecule has 6 aromatic carbocycles. The number of rotatable bonds is 5. The van der Waals surface area contributed by atoms with Gasteiger partial charge < -0.3 is 9.32 Å². The highest BCUT2D eigenvalue weighted by molar-refractivity contribution is 6.09. The third-order valence-electron chi connectivity index (χ3n) is 7.07. The summed E-state index contributed by atoms with van der Waals surface area (Å²) < 4.78 is 6.30. The van der Waals surface area contributed by atoms with E-state index in [4.69, 9.17) is 4.42 Å². The highest BCUT2D eigenvalue weighted by atomic mass is 16.3. The number of anilines is 3. The first-order valence-electron chi connectivity index (χ1n) is 16.9. The summed E-state index contributed by atoms with van der Waals surface area (Å²) in [7, 11) is 0. The molecule has 0 aliphatic carbocycles. The third-order valence-corrected chi connectivity index (χ3v) is 7.07. The molecule has 2 nitrogen and oxygen atoms in total. The Hall–Kier alpha value is -5.08. The number of nitrogens with zero attached hydrogens (tertiary/aromatic N) is 1. The van der Waals surface area contributed by atoms with E-state index in [2.05, 4.69) is 144 Å². The number of fused-ring (bicyclic) bond motifs is 3. The zero-order chi connectivity index (χ0) is 33.3. The van der Waals surface area contributed by atoms with Crippen LogP contribution in [0.5, 0.6) is 0 Å². The molecule has 1 aromatic heterocycles. The van der Waals surface area contributed by atoms with Gasteiger partial charge in [0.25, 0.3) is 0 Å². The average Bonchev–Trinajstić information content (AvgIpc) is 3.55. The van der Waals surface area contributed by atoms with Gasteiger partial charge in [0.15, 0.2) is 0 Å². The molecule has 0 aliphatic rings. The van der Waals surface area contributed by atoms with Gasteiger partial charge in [0.1, 0.15) is 11.2 Å². The van der Waals surface area contributed by atoms with Crippen LogP contribution >= 0.6 is 0 Å². The van der Waals surface area contributed by atoms with Gasteiger partial charge in [-0.25, -0.2) is 0 Å². The molecule has 236 valence electrons. The molecular weight excluding hydrogens is 558 g/mol. The maximum Gasteiger partial charge on any atom is 0.143 e. The lowest BCUT2D eigenvalue weighted by Gasteiger charge is -2.25. The molecule has 46 heavy (non-hydrogen) atoms. The van der Waals surface area contributed by atoms with Crippen molar-refractivity contribution in [1.29, 1.82) is 0 Å². The van der Waals surface area contributed by atoms with Crippen LogP contribution in [-0.2, 0) is 0 Å². The minimum absolute atomic E-state index is 0.920. The van der Waals surface area contributed by atoms with Crippen molar-refractivity contribution in [3.05, 3.63) is 152 Å². The van der Waals surface area contributed by atoms with Crippen molar-refractivity contribution in [2.45, 2.75) is 55.4 Å². The molecule has 0 radical (unpaired) electrons. The number of furan rings is 1. The second-order valence-electron chi connectivity index (χ2n) is 9.41. The molecule has 0 spiro atoms. The van der Waals surface area contributed by atoms with Crippen molar-refractivity contribution >= 4 is 39.0 Å². The van der Waals surface area contributed by atoms with E-state index < -0.39 is 0 Å². The van der Waals surface area contributed by atoms with Gasteiger partial charge in [-0.2, -0.15) is 0 Å². The summed E-state index contributed by atoms with van der Waals surface area (Å²) in [5.74, 6) is 0. The molecule has 2 heteroatoms. The van der Waals surface area contributed by atoms with E-state index in [1.165, 1.54) is 11.1 Å². The summed E-state index contributed by atoms with van der Waals surface area (Å²) in [5.41, 5.74) is 9.84. The van der Waals surface area contributed by atoms with Gasteiger partial charge in [-0.05, 0) is 65.2 Å². The normalized spacial score (nSPS) is 9.74. The molecule has 0 atom stereocenters. The van der Waals surface area contributed by atoms with Gasteiger partial charge in [-0.3, -0.25) is 0 Å². The van der Waals surface area contributed by atoms with E-state index in [1.807, 2.05) is 67.5 Å². The predicted octanol–water partition coefficient (Wildman–Crippen LogP) is 14.5. The van der Waals surface area contributed by atoms with Gasteiger partial charge in [0, 0.05) is 33.4 Å². The number of para-hydroxylation sites is 4. The van der Waals surface area contributed by atoms with Crippen molar-refractivity contribution in [1.82, 2.24) is 0 Å². The average molecular weight is 608 g/mol. The Morgan fingerprint density at radius 1 is 0.370 bits per heavy atom. The largest absolute Gasteiger partial charge is 0.455 e. The summed E-state index contributed by atoms with van der Waals surface area (Å²) in [4.78, 5) is 2.28. The number of hydrogen-bond acceptors (Lipinski definition) is 2. The first-order chi connectivity index (χ1) is 22.8. The van der Waals surface area contributed by atoms with Crippen LogP contribution < -0.4 is 4.90 Å². The first kappa shape index (κ1) is 35.4. The summed E-state index contributed by atoms with van der Waals surface area (Å²) >= 11 is 0. The lowest BCUT2D eigenvalue weighted by molar-refractivity contribution is 0.670. The molecule has 7 rings (SSSR count). The van der Waals surface area contributed by atoms with Crippen LogP contribution in [-0.4, -0.2) is 0 Å². The minimum atomic E-state index is 0.920. The fraction of sp³-hybridized carbons (Fsp3) is 0.182. The van der Waals surface area contributed by atoms with Gasteiger partial charge in [0.05, 0.1) is 0 Å². The van der Waals surface area contributed by atoms with Crippen molar-refractivity contribution in [2.24, 2.45) is 0 Å². The van der Waals surface area contributed by atoms with Crippen LogP contribution in [0, 0.1) is 0 Å². The topological polar surface area (TPSA) is 16.4 Å². The Bertz CT molecular complexity index is 1810. The van der Waals surface area contributed by atoms with E-state index in [1.54, 1.807) is 0 Å². The highest BCUT2D eigenvalue weighted by Crippen LogP contribution is 2.38. The minimum Gasteiger partial charge on any atom is -0.455 e. The Kier molecular flexibility index (Phi) is 14.4. The van der Waals surface area contributed by atoms with Crippen molar-refractivity contribution in [3.8, 4) is 22.3 Å². The van der Waals surface area contributed by atoms with Crippen LogP contribution in [0.2, 0.25) is 0 Å². The van der Waals surface area contributed by atoms with Gasteiger partial charge in [0.2, 0.25) is 0 Å². The SMILES string of the molecule is CC.CC.CC.CC.c1ccc(N(c2ccccc2)c2ccc(-c3cccc(-c4cccc5c4oc4ccccc45)c3)cc2)cc1. The second kappa shape index (κ2) is 18.7. The molecule has 0 saturated heterocycles. The molecule has 0 saturated carbocycles. The molecule has 7 aromatic rings. The summed E-state index contributed by atoms with van der Waals surface area (Å²) in [6.07, 6.45) is 0. The fourth-order valence-electron chi connectivity index (χ4n) is 5.25. The van der Waals surface area contributed by atoms with Crippen molar-refractivity contribution in [2.75, 3.05) is 4.90 Å². The van der Waals surface area contributed by atoms with E-state index in [0.29, 0.717) is 0 Å². The Labute approximate surface area is 277 Å². The van der Waals surface area contributed by atoms with E-state index in [9.17, 15) is 0 Å². The smallest absolute Gasteiger partial charge is 0.143 e. The maximum absolute atomic E-state index is 6.30. The molecule has 0 unspecified atom stereocenters. The van der Waals surface area contributed by atoms with Crippen LogP contribution in [0.1, 0.15) is 55.4 Å². The van der Waals surface area contributed by atoms with Crippen molar-refractivity contribution in [3.63, 3.8) is 0 Å². The summed E-state index contributed by atoms with van der Waals surface area (Å²) in [6, 6.07) is 53.1. The maximum atomic E-state index is 6.30. The molecule has 0 aliphatic heterocycles. The molecule has 1 heterocycles. The fourth-order valence-corrected chi connectivity index (χ4v) is 5.25. The lowest BCUT2D eigenvalue weighted by Crippen LogP contribution is -2.09. The molecular formula is C44H49NO. The molecule has 0 fully saturated rings. The van der Waals surface area contributed by atoms with Crippen LogP contribution in [0.4, 0.5) is 17.1 Å². The van der Waals surface area contributed by atoms with Gasteiger partial charge >= 0.3 is 0 Å². The zero-order valence-corrected chi connectivity index (χ0v) is 28.8. The first-order valence-corrected chi connectivity index (χ1v) is 16.9. The van der Waals surface area contributed by atoms with Gasteiger partial charge in [-0.1, -0.05) is 159 Å². The van der Waals surface area contributed by atoms with Gasteiger partial charge in [-0.15, -0.1) is 0 Å². The Balaban J connectivity index is 0.000000671. The Morgan fingerprint density at radius 3 is 1.46 bits per heavy atom. The molecule has 0 amide bonds. The molecule has 0 bridgehead atoms. The lowest BCUT2D eigenvalue weighted by atomic mass is 9.97. The number of hydrogen-bond donors (Lipinski definition) is 0. The van der Waals surface area contributed by atoms with Crippen LogP contribution in [0.3, 0.4) is 0 Å². The second-order valence-corrected chi connectivity index (χ2v) is 9.41. The third kappa shape index (κ3) is 7.95. The van der Waals surface area contributed by atoms with E-state index >= 15 is 0 Å². The summed E-state index contributed by atoms with van der Waals surface area (Å²) in [5, 5.41) is 2.30. The number of benzene rings is 6. The predicted molar refractivity (Wildman–Crippen MR) is 205 cm³/mol. The molecule has 0 N–H and O–H groups in total. The summed E-state index contributed by atoms with van der Waals surface area (Å²) in [6.45, 7) is 16.0. The standard InChI is InChI=1S/C36H25NO.4C2H6/c1-3-13-29(14-4-1)37(30-15-5-2-6-16-30)31-23-21-26(22-24-31)27-11-9-12-28(25-27)32-18-10-19-34-33-17-7-8-20-35(33)38-36(32)34;4*1-2/h1-25H;4*1-2H3. The quantitative estimate of drug-likeness (QED) is 0.193. The van der Waals surface area contributed by atoms with Crippen LogP contribution in [0.15, 0.2) is 156 Å². The van der Waals surface area contributed by atoms with Crippen molar-refractivity contribution < 1.29 is 4.42 Å². The highest BCUT2D eigenvalue weighted by Gasteiger charge is 2.14.